The Balaban J connectivity index is 2.57. The van der Waals surface area contributed by atoms with Crippen LogP contribution in [0.1, 0.15) is 5.82 Å². The lowest BCUT2D eigenvalue weighted by atomic mass is 10.4. The fraction of sp³-hybridized carbons (Fsp3) is 0.286. The number of aromatic amines is 3. The van der Waals surface area contributed by atoms with E-state index in [0.29, 0.717) is 0 Å². The number of imidazole rings is 1. The van der Waals surface area contributed by atoms with E-state index in [9.17, 15) is 22.8 Å². The summed E-state index contributed by atoms with van der Waals surface area (Å²) < 4.78 is 36.1. The van der Waals surface area contributed by atoms with Gasteiger partial charge >= 0.3 is 11.9 Å². The van der Waals surface area contributed by atoms with E-state index in [1.807, 2.05) is 4.98 Å². The molecule has 0 atom stereocenters. The van der Waals surface area contributed by atoms with E-state index in [1.54, 1.807) is 0 Å². The number of halogens is 3. The molecule has 16 heavy (non-hydrogen) atoms. The molecule has 2 aromatic heterocycles. The Bertz CT molecular complexity index is 635. The van der Waals surface area contributed by atoms with Crippen LogP contribution < -0.4 is 11.2 Å². The molecule has 0 bridgehead atoms. The molecule has 0 saturated heterocycles. The minimum Gasteiger partial charge on any atom is -0.336 e. The first-order valence-electron chi connectivity index (χ1n) is 4.13. The lowest BCUT2D eigenvalue weighted by Crippen LogP contribution is -2.21. The minimum atomic E-state index is -4.43. The number of nitrogens with zero attached hydrogens (tertiary/aromatic N) is 1. The van der Waals surface area contributed by atoms with Gasteiger partial charge in [0.1, 0.15) is 17.8 Å². The molecular weight excluding hydrogens is 229 g/mol. The predicted octanol–water partition coefficient (Wildman–Crippen LogP) is 0.0443. The Labute approximate surface area is 84.5 Å². The second kappa shape index (κ2) is 3.22. The Morgan fingerprint density at radius 3 is 2.44 bits per heavy atom. The number of H-pyrrole nitrogens is 3. The first kappa shape index (κ1) is 10.5. The number of hydrogen-bond donors (Lipinski definition) is 3. The van der Waals surface area contributed by atoms with Gasteiger partial charge in [0.25, 0.3) is 5.56 Å². The molecule has 0 unspecified atom stereocenters. The zero-order valence-corrected chi connectivity index (χ0v) is 7.60. The summed E-state index contributed by atoms with van der Waals surface area (Å²) in [6.07, 6.45) is -5.72. The smallest absolute Gasteiger partial charge is 0.336 e. The Kier molecular flexibility index (Phi) is 2.10. The number of nitrogens with one attached hydrogen (secondary N) is 3. The average Bonchev–Trinajstić information content (AvgIpc) is 2.43. The molecule has 9 heteroatoms. The van der Waals surface area contributed by atoms with Crippen molar-refractivity contribution in [2.75, 3.05) is 0 Å². The molecule has 0 spiro atoms. The molecule has 2 aromatic rings. The third kappa shape index (κ3) is 1.97. The molecule has 86 valence electrons. The Hall–Kier alpha value is -2.06. The van der Waals surface area contributed by atoms with Gasteiger partial charge < -0.3 is 4.98 Å². The summed E-state index contributed by atoms with van der Waals surface area (Å²) in [5, 5.41) is 0. The fourth-order valence-electron chi connectivity index (χ4n) is 1.26. The minimum absolute atomic E-state index is 0.182. The van der Waals surface area contributed by atoms with Gasteiger partial charge in [-0.25, -0.2) is 9.78 Å². The topological polar surface area (TPSA) is 94.4 Å². The van der Waals surface area contributed by atoms with Crippen molar-refractivity contribution in [3.63, 3.8) is 0 Å². The van der Waals surface area contributed by atoms with E-state index in [0.717, 1.165) is 0 Å². The summed E-state index contributed by atoms with van der Waals surface area (Å²) in [5.74, 6) is -0.421. The molecular formula is C7H5F3N4O2. The largest absolute Gasteiger partial charge is 0.396 e. The number of hydrogen-bond acceptors (Lipinski definition) is 3. The maximum atomic E-state index is 12.0. The maximum absolute atomic E-state index is 12.0. The maximum Gasteiger partial charge on any atom is 0.396 e. The molecule has 0 amide bonds. The van der Waals surface area contributed by atoms with Crippen LogP contribution >= 0.6 is 0 Å². The summed E-state index contributed by atoms with van der Waals surface area (Å²) in [7, 11) is 0. The van der Waals surface area contributed by atoms with E-state index in [4.69, 9.17) is 0 Å². The van der Waals surface area contributed by atoms with E-state index < -0.39 is 29.7 Å². The van der Waals surface area contributed by atoms with Gasteiger partial charge in [0.15, 0.2) is 5.65 Å². The van der Waals surface area contributed by atoms with Crippen molar-refractivity contribution < 1.29 is 13.2 Å². The molecule has 0 aromatic carbocycles. The molecule has 2 rings (SSSR count). The first-order valence-corrected chi connectivity index (χ1v) is 4.13. The standard InChI is InChI=1S/C7H5F3N4O2/c8-7(9,10)1-2-11-3-4(12-2)13-6(16)14-5(3)15/h1H2,(H3,11,12,13,14,15,16). The van der Waals surface area contributed by atoms with Crippen LogP contribution in [0.25, 0.3) is 11.2 Å². The van der Waals surface area contributed by atoms with Gasteiger partial charge in [-0.05, 0) is 0 Å². The predicted molar refractivity (Wildman–Crippen MR) is 47.1 cm³/mol. The third-order valence-corrected chi connectivity index (χ3v) is 1.81. The van der Waals surface area contributed by atoms with Crippen LogP contribution in [0, 0.1) is 0 Å². The van der Waals surface area contributed by atoms with Gasteiger partial charge in [-0.2, -0.15) is 13.2 Å². The summed E-state index contributed by atoms with van der Waals surface area (Å²) in [5.41, 5.74) is -1.99. The zero-order chi connectivity index (χ0) is 11.9. The molecule has 0 aliphatic rings. The second-order valence-corrected chi connectivity index (χ2v) is 3.11. The molecule has 0 aliphatic heterocycles. The molecule has 0 saturated carbocycles. The number of alkyl halides is 3. The monoisotopic (exact) mass is 234 g/mol. The highest BCUT2D eigenvalue weighted by molar-refractivity contribution is 5.68. The van der Waals surface area contributed by atoms with E-state index in [1.165, 1.54) is 0 Å². The molecule has 6 nitrogen and oxygen atoms in total. The van der Waals surface area contributed by atoms with Crippen LogP contribution in [0.2, 0.25) is 0 Å². The molecule has 3 N–H and O–H groups in total. The summed E-state index contributed by atoms with van der Waals surface area (Å²) >= 11 is 0. The van der Waals surface area contributed by atoms with Gasteiger partial charge in [0.05, 0.1) is 0 Å². The number of aromatic nitrogens is 4. The van der Waals surface area contributed by atoms with E-state index in [-0.39, 0.29) is 11.2 Å². The van der Waals surface area contributed by atoms with Crippen LogP contribution in [0.3, 0.4) is 0 Å². The lowest BCUT2D eigenvalue weighted by molar-refractivity contribution is -0.128. The van der Waals surface area contributed by atoms with Crippen molar-refractivity contribution in [1.29, 1.82) is 0 Å². The fourth-order valence-corrected chi connectivity index (χ4v) is 1.26. The van der Waals surface area contributed by atoms with E-state index >= 15 is 0 Å². The van der Waals surface area contributed by atoms with Crippen molar-refractivity contribution in [2.45, 2.75) is 12.6 Å². The molecule has 2 heterocycles. The van der Waals surface area contributed by atoms with Crippen molar-refractivity contribution in [3.8, 4) is 0 Å². The van der Waals surface area contributed by atoms with Crippen molar-refractivity contribution in [2.24, 2.45) is 0 Å². The lowest BCUT2D eigenvalue weighted by Gasteiger charge is -2.01. The van der Waals surface area contributed by atoms with Gasteiger partial charge in [-0.3, -0.25) is 14.8 Å². The highest BCUT2D eigenvalue weighted by Crippen LogP contribution is 2.19. The summed E-state index contributed by atoms with van der Waals surface area (Å²) in [6, 6.07) is 0. The zero-order valence-electron chi connectivity index (χ0n) is 7.60. The summed E-state index contributed by atoms with van der Waals surface area (Å²) in [4.78, 5) is 31.6. The SMILES string of the molecule is O=c1[nH]c(=O)c2[nH]c(CC(F)(F)F)nc2[nH]1. The Morgan fingerprint density at radius 1 is 1.12 bits per heavy atom. The van der Waals surface area contributed by atoms with Crippen molar-refractivity contribution >= 4 is 11.2 Å². The summed E-state index contributed by atoms with van der Waals surface area (Å²) in [6.45, 7) is 0. The third-order valence-electron chi connectivity index (χ3n) is 1.81. The average molecular weight is 234 g/mol. The van der Waals surface area contributed by atoms with Crippen LogP contribution in [0.15, 0.2) is 9.59 Å². The van der Waals surface area contributed by atoms with Crippen LogP contribution in [-0.2, 0) is 6.42 Å². The van der Waals surface area contributed by atoms with Crippen LogP contribution in [0.4, 0.5) is 13.2 Å². The van der Waals surface area contributed by atoms with E-state index in [2.05, 4.69) is 15.0 Å². The van der Waals surface area contributed by atoms with Crippen LogP contribution in [0.5, 0.6) is 0 Å². The van der Waals surface area contributed by atoms with Gasteiger partial charge in [-0.15, -0.1) is 0 Å². The first-order chi connectivity index (χ1) is 7.35. The van der Waals surface area contributed by atoms with Gasteiger partial charge in [0.2, 0.25) is 0 Å². The normalized spacial score (nSPS) is 12.2. The van der Waals surface area contributed by atoms with Gasteiger partial charge in [0, 0.05) is 0 Å². The van der Waals surface area contributed by atoms with Crippen molar-refractivity contribution in [1.82, 2.24) is 19.9 Å². The molecule has 0 aliphatic carbocycles. The Morgan fingerprint density at radius 2 is 1.81 bits per heavy atom. The highest BCUT2D eigenvalue weighted by atomic mass is 19.4. The van der Waals surface area contributed by atoms with Crippen molar-refractivity contribution in [3.05, 3.63) is 26.7 Å². The van der Waals surface area contributed by atoms with Crippen LogP contribution in [-0.4, -0.2) is 26.1 Å². The molecule has 0 fully saturated rings. The second-order valence-electron chi connectivity index (χ2n) is 3.11. The number of rotatable bonds is 1. The molecule has 0 radical (unpaired) electrons. The number of fused-ring (bicyclic) bond motifs is 1. The highest BCUT2D eigenvalue weighted by Gasteiger charge is 2.29. The van der Waals surface area contributed by atoms with Gasteiger partial charge in [-0.1, -0.05) is 0 Å². The quantitative estimate of drug-likeness (QED) is 0.650.